The number of nitrogens with one attached hydrogen (secondary N) is 2. The minimum atomic E-state index is -3.85. The lowest BCUT2D eigenvalue weighted by molar-refractivity contribution is -0.147. The molecule has 2 amide bonds. The molecule has 28 heteroatoms. The number of benzene rings is 2. The van der Waals surface area contributed by atoms with Gasteiger partial charge in [0.25, 0.3) is 20.0 Å². The van der Waals surface area contributed by atoms with Crippen LogP contribution in [0, 0.1) is 58.2 Å². The van der Waals surface area contributed by atoms with Crippen LogP contribution in [0.2, 0.25) is 10.0 Å². The van der Waals surface area contributed by atoms with Crippen LogP contribution in [-0.2, 0) is 63.2 Å². The summed E-state index contributed by atoms with van der Waals surface area (Å²) in [5.74, 6) is -5.09. The molecule has 618 valence electrons. The number of aliphatic hydroxyl groups is 1. The molecule has 114 heavy (non-hydrogen) atoms. The van der Waals surface area contributed by atoms with Crippen molar-refractivity contribution in [2.75, 3.05) is 13.1 Å². The highest BCUT2D eigenvalue weighted by atomic mass is 35.5. The molecule has 0 spiro atoms. The molecule has 1 unspecified atom stereocenters. The van der Waals surface area contributed by atoms with Gasteiger partial charge in [-0.05, 0) is 141 Å². The maximum atomic E-state index is 15.0. The Morgan fingerprint density at radius 2 is 0.947 bits per heavy atom. The number of nitrogens with zero attached hydrogens (tertiary/aromatic N) is 6. The highest BCUT2D eigenvalue weighted by Crippen LogP contribution is 2.43. The quantitative estimate of drug-likeness (QED) is 0.0366. The molecule has 12 rings (SSSR count). The van der Waals surface area contributed by atoms with Gasteiger partial charge >= 0.3 is 0 Å². The highest BCUT2D eigenvalue weighted by Gasteiger charge is 2.51. The number of pyridine rings is 2. The van der Waals surface area contributed by atoms with Crippen molar-refractivity contribution in [3.05, 3.63) is 106 Å². The molecule has 4 aliphatic carbocycles. The van der Waals surface area contributed by atoms with Gasteiger partial charge in [-0.25, -0.2) is 26.8 Å². The molecule has 8 aliphatic rings. The maximum absolute atomic E-state index is 15.0. The number of hydrogen-bond donors (Lipinski definition) is 3. The number of aliphatic hydroxyl groups excluding tert-OH is 1. The van der Waals surface area contributed by atoms with Crippen LogP contribution in [0.5, 0.6) is 11.8 Å². The molecule has 0 radical (unpaired) electrons. The van der Waals surface area contributed by atoms with Crippen molar-refractivity contribution in [1.29, 1.82) is 0 Å². The Balaban J connectivity index is 0.000000225. The molecule has 4 aliphatic heterocycles. The summed E-state index contributed by atoms with van der Waals surface area (Å²) >= 11 is 12.1. The number of amidine groups is 2. The van der Waals surface area contributed by atoms with Crippen molar-refractivity contribution < 1.29 is 74.6 Å². The number of carbonyl (C=O) groups is 9. The number of fused-ring (bicyclic) bond motifs is 2. The monoisotopic (exact) mass is 1650 g/mol. The summed E-state index contributed by atoms with van der Waals surface area (Å²) in [5, 5.41) is 12.0. The number of halogens is 2. The molecule has 3 N–H and O–H groups in total. The summed E-state index contributed by atoms with van der Waals surface area (Å²) in [5.41, 5.74) is -0.643. The first-order chi connectivity index (χ1) is 54.1. The number of rotatable bonds is 34. The van der Waals surface area contributed by atoms with Gasteiger partial charge in [0, 0.05) is 105 Å². The number of sulfonamides is 2. The number of ether oxygens (including phenoxy) is 2. The first-order valence-corrected chi connectivity index (χ1v) is 44.8. The van der Waals surface area contributed by atoms with Crippen molar-refractivity contribution in [1.82, 2.24) is 29.2 Å². The first kappa shape index (κ1) is 87.2. The minimum absolute atomic E-state index is 0.0419. The van der Waals surface area contributed by atoms with Gasteiger partial charge in [0.1, 0.15) is 42.1 Å². The van der Waals surface area contributed by atoms with E-state index in [9.17, 15) is 65.1 Å². The fourth-order valence-electron chi connectivity index (χ4n) is 17.3. The number of ketones is 7. The Kier molecular flexibility index (Phi) is 28.9. The fourth-order valence-corrected chi connectivity index (χ4v) is 20.0. The van der Waals surface area contributed by atoms with Gasteiger partial charge in [-0.3, -0.25) is 62.6 Å². The molecule has 4 saturated carbocycles. The lowest BCUT2D eigenvalue weighted by atomic mass is 9.74. The largest absolute Gasteiger partial charge is 0.472 e. The zero-order valence-corrected chi connectivity index (χ0v) is 70.0. The topological polar surface area (TPSA) is 342 Å². The second-order valence-corrected chi connectivity index (χ2v) is 39.2. The van der Waals surface area contributed by atoms with E-state index in [1.807, 2.05) is 55.4 Å². The van der Waals surface area contributed by atoms with Crippen LogP contribution in [0.4, 0.5) is 0 Å². The summed E-state index contributed by atoms with van der Waals surface area (Å²) in [7, 11) is -7.68. The van der Waals surface area contributed by atoms with E-state index in [1.54, 1.807) is 60.7 Å². The van der Waals surface area contributed by atoms with E-state index in [-0.39, 0.29) is 144 Å². The van der Waals surface area contributed by atoms with Crippen molar-refractivity contribution >= 4 is 107 Å². The number of hydrogen-bond acceptors (Lipinski definition) is 20. The molecule has 2 aromatic heterocycles. The van der Waals surface area contributed by atoms with Gasteiger partial charge in [-0.1, -0.05) is 154 Å². The Morgan fingerprint density at radius 1 is 0.535 bits per heavy atom. The number of aliphatic imine (C=N–C) groups is 2. The number of amides is 2. The smallest absolute Gasteiger partial charge is 0.263 e. The zero-order chi connectivity index (χ0) is 82.1. The Bertz CT molecular complexity index is 4490. The van der Waals surface area contributed by atoms with Crippen LogP contribution >= 0.6 is 23.2 Å². The van der Waals surface area contributed by atoms with Gasteiger partial charge in [-0.2, -0.15) is 0 Å². The molecule has 6 fully saturated rings. The van der Waals surface area contributed by atoms with Gasteiger partial charge in [0.15, 0.2) is 34.7 Å². The van der Waals surface area contributed by atoms with Crippen LogP contribution in [0.15, 0.2) is 105 Å². The average molecular weight is 1650 g/mol. The first-order valence-electron chi connectivity index (χ1n) is 41.1. The number of aromatic nitrogens is 2. The Labute approximate surface area is 680 Å². The summed E-state index contributed by atoms with van der Waals surface area (Å²) in [6.07, 6.45) is 15.3. The standard InChI is InChI=1S/C43H57ClN4O8S.C43H55ClN4O8S/c2*1-5-11-28(40(52)36(51)20-26-16-17-26)21-34(49)33-22-30(56-38-19-18-29(44)24-45-38)25-48(33)42(53)32(43(2,3)4)23-35(50)39(27-12-7-6-8-13-27)46-41-31-14-9-10-15-37(31)57(54,55)47-41/h9-10,14-15,18-19,24,26-28,30,32-33,39-40,52H,5-8,11-13,16-17,20-23,25H2,1-4H3,(H,46,47);9-10,14-15,18-19,24,26-28,30,32-33,39H,5-8,11-13,16-17,20-23,25H2,1-4H3,(H,46,47)/t28-,30-,32-,33+,39+,40?;28-,30-,32-,33+,39+/m11/s1. The third-order valence-corrected chi connectivity index (χ3v) is 27.3. The average Bonchev–Trinajstić information content (AvgIpc) is 1.63. The van der Waals surface area contributed by atoms with Crippen LogP contribution in [-0.4, -0.2) is 161 Å². The second-order valence-electron chi connectivity index (χ2n) is 35.0. The fraction of sp³-hybridized carbons (Fsp3) is 0.616. The normalized spacial score (nSPS) is 23.3. The molecular weight excluding hydrogens is 1540 g/mol. The summed E-state index contributed by atoms with van der Waals surface area (Å²) in [6, 6.07) is 16.0. The van der Waals surface area contributed by atoms with Crippen LogP contribution in [0.1, 0.15) is 233 Å². The molecular formula is C86H112Cl2N8O16S2. The zero-order valence-electron chi connectivity index (χ0n) is 66.9. The Morgan fingerprint density at radius 3 is 1.34 bits per heavy atom. The predicted octanol–water partition coefficient (Wildman–Crippen LogP) is 13.2. The van der Waals surface area contributed by atoms with E-state index in [0.717, 1.165) is 89.9 Å². The van der Waals surface area contributed by atoms with E-state index in [2.05, 4.69) is 19.4 Å². The molecule has 11 atom stereocenters. The molecule has 0 bridgehead atoms. The van der Waals surface area contributed by atoms with Crippen LogP contribution in [0.3, 0.4) is 0 Å². The lowest BCUT2D eigenvalue weighted by Gasteiger charge is -2.36. The lowest BCUT2D eigenvalue weighted by Crippen LogP contribution is -2.48. The number of carbonyl (C=O) groups excluding carboxylic acids is 9. The SMILES string of the molecule is CCC[C@H](CC(=O)[C@@H]1C[C@@H](Oc2ccc(Cl)cn2)CN1C(=O)[C@@H](CC(=O)[C@@H](N=C1NS(=O)(=O)c2ccccc21)C1CCCCC1)C(C)(C)C)C(=O)C(=O)CC1CC1.CCC[C@H](CC(=O)[C@@H]1C[C@@H](Oc2ccc(Cl)cn2)CN1C(=O)[C@@H](CC(=O)[C@@H](N=C1NS(=O)(=O)c2ccccc21)C1CCCCC1)C(C)(C)C)C(O)C(=O)CC1CC1. The molecule has 6 heterocycles. The minimum Gasteiger partial charge on any atom is -0.472 e. The van der Waals surface area contributed by atoms with E-state index in [0.29, 0.717) is 59.2 Å². The van der Waals surface area contributed by atoms with Crippen LogP contribution < -0.4 is 18.9 Å². The molecule has 2 saturated heterocycles. The van der Waals surface area contributed by atoms with Crippen molar-refractivity contribution in [2.24, 2.45) is 68.2 Å². The van der Waals surface area contributed by atoms with Gasteiger partial charge < -0.3 is 24.4 Å². The van der Waals surface area contributed by atoms with Crippen molar-refractivity contribution in [3.63, 3.8) is 0 Å². The third kappa shape index (κ3) is 22.1. The Hall–Kier alpha value is -7.65. The van der Waals surface area contributed by atoms with Crippen molar-refractivity contribution in [2.45, 2.75) is 275 Å². The summed E-state index contributed by atoms with van der Waals surface area (Å²) < 4.78 is 69.5. The van der Waals surface area contributed by atoms with Gasteiger partial charge in [-0.15, -0.1) is 0 Å². The van der Waals surface area contributed by atoms with E-state index < -0.39 is 115 Å². The van der Waals surface area contributed by atoms with Gasteiger partial charge in [0.2, 0.25) is 29.4 Å². The van der Waals surface area contributed by atoms with Gasteiger partial charge in [0.05, 0.1) is 45.0 Å². The predicted molar refractivity (Wildman–Crippen MR) is 432 cm³/mol. The van der Waals surface area contributed by atoms with E-state index in [4.69, 9.17) is 42.7 Å². The maximum Gasteiger partial charge on any atom is 0.263 e. The third-order valence-electron chi connectivity index (χ3n) is 24.0. The van der Waals surface area contributed by atoms with Crippen molar-refractivity contribution in [3.8, 4) is 11.8 Å². The second kappa shape index (κ2) is 37.7. The number of likely N-dealkylation sites (tertiary alicyclic amines) is 2. The van der Waals surface area contributed by atoms with E-state index in [1.165, 1.54) is 34.3 Å². The highest BCUT2D eigenvalue weighted by molar-refractivity contribution is 7.91. The van der Waals surface area contributed by atoms with E-state index >= 15 is 0 Å². The molecule has 4 aromatic rings. The molecule has 24 nitrogen and oxygen atoms in total. The summed E-state index contributed by atoms with van der Waals surface area (Å²) in [4.78, 5) is 149. The van der Waals surface area contributed by atoms with Crippen LogP contribution in [0.25, 0.3) is 0 Å². The molecule has 2 aromatic carbocycles. The summed E-state index contributed by atoms with van der Waals surface area (Å²) in [6.45, 7) is 15.3. The number of Topliss-reactive ketones (excluding diaryl/α,β-unsaturated/α-hetero) is 7.